The zero-order chi connectivity index (χ0) is 11.9. The Balaban J connectivity index is 1.67. The van der Waals surface area contributed by atoms with Gasteiger partial charge < -0.3 is 10.2 Å². The minimum absolute atomic E-state index is 0.809. The highest BCUT2D eigenvalue weighted by Crippen LogP contribution is 2.40. The van der Waals surface area contributed by atoms with Gasteiger partial charge >= 0.3 is 0 Å². The first-order valence-electron chi connectivity index (χ1n) is 7.49. The van der Waals surface area contributed by atoms with Gasteiger partial charge in [0, 0.05) is 18.3 Å². The first-order chi connectivity index (χ1) is 8.93. The number of hydrogen-bond donors (Lipinski definition) is 1. The summed E-state index contributed by atoms with van der Waals surface area (Å²) in [5, 5.41) is 3.64. The first kappa shape index (κ1) is 10.9. The maximum Gasteiger partial charge on any atom is 0.0402 e. The molecule has 2 aliphatic heterocycles. The molecule has 96 valence electrons. The Hall–Kier alpha value is -1.02. The van der Waals surface area contributed by atoms with Crippen LogP contribution in [-0.4, -0.2) is 25.7 Å². The topological polar surface area (TPSA) is 15.3 Å². The molecular weight excluding hydrogens is 220 g/mol. The number of benzene rings is 1. The lowest BCUT2D eigenvalue weighted by molar-refractivity contribution is 0.162. The molecule has 0 aromatic heterocycles. The summed E-state index contributed by atoms with van der Waals surface area (Å²) in [6, 6.07) is 9.84. The van der Waals surface area contributed by atoms with Crippen LogP contribution in [0.2, 0.25) is 0 Å². The molecule has 2 fully saturated rings. The van der Waals surface area contributed by atoms with Crippen LogP contribution in [0.1, 0.15) is 24.8 Å². The monoisotopic (exact) mass is 242 g/mol. The fourth-order valence-corrected chi connectivity index (χ4v) is 4.45. The minimum atomic E-state index is 0.809. The standard InChI is InChI=1S/C16H22N2/c1-2-7-15-12(4-1)8-9-18(15)16-13-5-3-6-14(16)11-17-10-13/h1-2,4,7,13-14,16-17H,3,5-6,8-11H2/t13-,14-/m1/s1. The van der Waals surface area contributed by atoms with Crippen molar-refractivity contribution >= 4 is 5.69 Å². The van der Waals surface area contributed by atoms with Gasteiger partial charge in [0.15, 0.2) is 0 Å². The zero-order valence-corrected chi connectivity index (χ0v) is 10.9. The van der Waals surface area contributed by atoms with Gasteiger partial charge in [-0.15, -0.1) is 0 Å². The summed E-state index contributed by atoms with van der Waals surface area (Å²) in [4.78, 5) is 2.74. The number of hydrogen-bond acceptors (Lipinski definition) is 2. The maximum absolute atomic E-state index is 3.64. The average molecular weight is 242 g/mol. The van der Waals surface area contributed by atoms with Crippen LogP contribution in [0, 0.1) is 11.8 Å². The predicted octanol–water partition coefficient (Wildman–Crippen LogP) is 2.44. The number of fused-ring (bicyclic) bond motifs is 3. The van der Waals surface area contributed by atoms with E-state index in [2.05, 4.69) is 34.5 Å². The average Bonchev–Trinajstić information content (AvgIpc) is 2.81. The zero-order valence-electron chi connectivity index (χ0n) is 10.9. The minimum Gasteiger partial charge on any atom is -0.367 e. The van der Waals surface area contributed by atoms with Gasteiger partial charge in [-0.3, -0.25) is 0 Å². The second-order valence-electron chi connectivity index (χ2n) is 6.17. The molecule has 4 rings (SSSR count). The molecule has 1 saturated heterocycles. The number of nitrogens with zero attached hydrogens (tertiary/aromatic N) is 1. The fourth-order valence-electron chi connectivity index (χ4n) is 4.45. The van der Waals surface area contributed by atoms with Gasteiger partial charge in [-0.05, 0) is 55.8 Å². The van der Waals surface area contributed by atoms with E-state index in [1.807, 2.05) is 0 Å². The number of piperidine rings is 1. The summed E-state index contributed by atoms with van der Waals surface area (Å²) in [5.74, 6) is 1.76. The summed E-state index contributed by atoms with van der Waals surface area (Å²) >= 11 is 0. The summed E-state index contributed by atoms with van der Waals surface area (Å²) < 4.78 is 0. The SMILES string of the molecule is c1ccc2c(c1)CCN2C1[C@@H]2CCC[C@@H]1CNC2. The normalized spacial score (nSPS) is 34.4. The number of nitrogens with one attached hydrogen (secondary N) is 1. The van der Waals surface area contributed by atoms with Crippen molar-refractivity contribution in [1.82, 2.24) is 5.32 Å². The molecule has 2 nitrogen and oxygen atoms in total. The van der Waals surface area contributed by atoms with Crippen molar-refractivity contribution in [3.05, 3.63) is 29.8 Å². The van der Waals surface area contributed by atoms with Crippen molar-refractivity contribution in [3.8, 4) is 0 Å². The van der Waals surface area contributed by atoms with E-state index in [-0.39, 0.29) is 0 Å². The van der Waals surface area contributed by atoms with Crippen LogP contribution in [-0.2, 0) is 6.42 Å². The Labute approximate surface area is 109 Å². The molecule has 3 aliphatic rings. The van der Waals surface area contributed by atoms with E-state index in [4.69, 9.17) is 0 Å². The van der Waals surface area contributed by atoms with Crippen molar-refractivity contribution in [2.24, 2.45) is 11.8 Å². The van der Waals surface area contributed by atoms with Crippen LogP contribution in [0.4, 0.5) is 5.69 Å². The highest BCUT2D eigenvalue weighted by Gasteiger charge is 2.41. The largest absolute Gasteiger partial charge is 0.367 e. The van der Waals surface area contributed by atoms with Gasteiger partial charge in [-0.1, -0.05) is 24.6 Å². The Bertz CT molecular complexity index is 420. The van der Waals surface area contributed by atoms with Crippen molar-refractivity contribution in [1.29, 1.82) is 0 Å². The summed E-state index contributed by atoms with van der Waals surface area (Å²) in [7, 11) is 0. The first-order valence-corrected chi connectivity index (χ1v) is 7.49. The number of anilines is 1. The summed E-state index contributed by atoms with van der Waals surface area (Å²) in [6.07, 6.45) is 5.54. The molecule has 0 amide bonds. The number of para-hydroxylation sites is 1. The summed E-state index contributed by atoms with van der Waals surface area (Å²) in [6.45, 7) is 3.72. The highest BCUT2D eigenvalue weighted by molar-refractivity contribution is 5.59. The van der Waals surface area contributed by atoms with E-state index < -0.39 is 0 Å². The Morgan fingerprint density at radius 1 is 1.06 bits per heavy atom. The Kier molecular flexibility index (Phi) is 2.58. The van der Waals surface area contributed by atoms with Gasteiger partial charge in [0.25, 0.3) is 0 Å². The molecule has 2 heterocycles. The third-order valence-corrected chi connectivity index (χ3v) is 5.21. The van der Waals surface area contributed by atoms with Gasteiger partial charge in [0.2, 0.25) is 0 Å². The van der Waals surface area contributed by atoms with Crippen LogP contribution in [0.25, 0.3) is 0 Å². The van der Waals surface area contributed by atoms with Crippen molar-refractivity contribution in [3.63, 3.8) is 0 Å². The van der Waals surface area contributed by atoms with Gasteiger partial charge in [-0.2, -0.15) is 0 Å². The van der Waals surface area contributed by atoms with Gasteiger partial charge in [-0.25, -0.2) is 0 Å². The molecule has 2 atom stereocenters. The van der Waals surface area contributed by atoms with Crippen LogP contribution >= 0.6 is 0 Å². The smallest absolute Gasteiger partial charge is 0.0402 e. The van der Waals surface area contributed by atoms with E-state index in [1.165, 1.54) is 51.0 Å². The maximum atomic E-state index is 3.64. The highest BCUT2D eigenvalue weighted by atomic mass is 15.2. The molecule has 0 radical (unpaired) electrons. The molecule has 1 aromatic rings. The van der Waals surface area contributed by atoms with Crippen molar-refractivity contribution in [2.75, 3.05) is 24.5 Å². The van der Waals surface area contributed by atoms with Gasteiger partial charge in [0.05, 0.1) is 0 Å². The molecule has 2 heteroatoms. The van der Waals surface area contributed by atoms with Crippen molar-refractivity contribution < 1.29 is 0 Å². The van der Waals surface area contributed by atoms with E-state index in [1.54, 1.807) is 5.56 Å². The third kappa shape index (κ3) is 1.58. The van der Waals surface area contributed by atoms with Crippen molar-refractivity contribution in [2.45, 2.75) is 31.7 Å². The molecule has 18 heavy (non-hydrogen) atoms. The summed E-state index contributed by atoms with van der Waals surface area (Å²) in [5.41, 5.74) is 3.09. The third-order valence-electron chi connectivity index (χ3n) is 5.21. The second-order valence-corrected chi connectivity index (χ2v) is 6.17. The van der Waals surface area contributed by atoms with Crippen LogP contribution in [0.15, 0.2) is 24.3 Å². The van der Waals surface area contributed by atoms with Crippen LogP contribution in [0.3, 0.4) is 0 Å². The molecule has 0 spiro atoms. The second kappa shape index (κ2) is 4.27. The molecular formula is C16H22N2. The van der Waals surface area contributed by atoms with E-state index in [0.29, 0.717) is 0 Å². The van der Waals surface area contributed by atoms with Crippen LogP contribution in [0.5, 0.6) is 0 Å². The molecule has 0 unspecified atom stereocenters. The Morgan fingerprint density at radius 2 is 1.83 bits per heavy atom. The van der Waals surface area contributed by atoms with E-state index >= 15 is 0 Å². The molecule has 1 aliphatic carbocycles. The molecule has 1 aromatic carbocycles. The molecule has 1 saturated carbocycles. The lowest BCUT2D eigenvalue weighted by atomic mass is 9.73. The Morgan fingerprint density at radius 3 is 2.67 bits per heavy atom. The fraction of sp³-hybridized carbons (Fsp3) is 0.625. The lowest BCUT2D eigenvalue weighted by Gasteiger charge is -2.48. The van der Waals surface area contributed by atoms with Gasteiger partial charge in [0.1, 0.15) is 0 Å². The molecule has 1 N–H and O–H groups in total. The van der Waals surface area contributed by atoms with Crippen LogP contribution < -0.4 is 10.2 Å². The molecule has 2 bridgehead atoms. The number of rotatable bonds is 1. The van der Waals surface area contributed by atoms with E-state index in [0.717, 1.165) is 17.9 Å². The van der Waals surface area contributed by atoms with E-state index in [9.17, 15) is 0 Å². The quantitative estimate of drug-likeness (QED) is 0.813. The lowest BCUT2D eigenvalue weighted by Crippen LogP contribution is -2.57. The predicted molar refractivity (Wildman–Crippen MR) is 75.0 cm³/mol.